The van der Waals surface area contributed by atoms with Gasteiger partial charge in [-0.3, -0.25) is 0 Å². The van der Waals surface area contributed by atoms with Crippen molar-refractivity contribution in [3.8, 4) is 22.1 Å². The second-order valence-electron chi connectivity index (χ2n) is 2.83. The van der Waals surface area contributed by atoms with Crippen molar-refractivity contribution in [2.45, 2.75) is 0 Å². The van der Waals surface area contributed by atoms with Crippen LogP contribution in [-0.2, 0) is 0 Å². The van der Waals surface area contributed by atoms with Gasteiger partial charge in [0.25, 0.3) is 0 Å². The lowest BCUT2D eigenvalue weighted by atomic mass is 10.2. The van der Waals surface area contributed by atoms with Crippen LogP contribution in [0.4, 0.5) is 5.13 Å². The van der Waals surface area contributed by atoms with Gasteiger partial charge < -0.3 is 15.6 Å². The number of nitrogen functional groups attached to an aromatic ring is 1. The van der Waals surface area contributed by atoms with Crippen molar-refractivity contribution in [1.82, 2.24) is 10.2 Å². The highest BCUT2D eigenvalue weighted by molar-refractivity contribution is 7.18. The Kier molecular flexibility index (Phi) is 3.92. The summed E-state index contributed by atoms with van der Waals surface area (Å²) < 4.78 is 4.99. The van der Waals surface area contributed by atoms with Crippen LogP contribution in [0.5, 0.6) is 11.5 Å². The van der Waals surface area contributed by atoms with Crippen molar-refractivity contribution in [1.29, 1.82) is 0 Å². The van der Waals surface area contributed by atoms with Gasteiger partial charge >= 0.3 is 0 Å². The Morgan fingerprint density at radius 1 is 1.38 bits per heavy atom. The van der Waals surface area contributed by atoms with E-state index in [1.807, 2.05) is 0 Å². The molecule has 7 heteroatoms. The maximum Gasteiger partial charge on any atom is 0.203 e. The maximum absolute atomic E-state index is 9.40. The van der Waals surface area contributed by atoms with Crippen LogP contribution < -0.4 is 10.5 Å². The number of ether oxygens (including phenoxy) is 1. The predicted octanol–water partition coefficient (Wildman–Crippen LogP) is 1.92. The first kappa shape index (κ1) is 12.5. The number of aromatic nitrogens is 2. The summed E-state index contributed by atoms with van der Waals surface area (Å²) in [6, 6.07) is 4.97. The molecule has 0 aliphatic rings. The van der Waals surface area contributed by atoms with Gasteiger partial charge in [0, 0.05) is 5.56 Å². The summed E-state index contributed by atoms with van der Waals surface area (Å²) in [6.45, 7) is 0. The monoisotopic (exact) mass is 259 g/mol. The van der Waals surface area contributed by atoms with Crippen LogP contribution in [0.2, 0.25) is 0 Å². The van der Waals surface area contributed by atoms with Gasteiger partial charge in [0.1, 0.15) is 5.01 Å². The SMILES string of the molecule is COc1cc(-c2nnc(N)s2)ccc1O.Cl. The zero-order valence-corrected chi connectivity index (χ0v) is 10.0. The number of hydrogen-bond donors (Lipinski definition) is 2. The van der Waals surface area contributed by atoms with E-state index in [0.717, 1.165) is 5.56 Å². The fraction of sp³-hybridized carbons (Fsp3) is 0.111. The average molecular weight is 260 g/mol. The molecule has 0 aliphatic heterocycles. The van der Waals surface area contributed by atoms with Crippen LogP contribution in [0.15, 0.2) is 18.2 Å². The smallest absolute Gasteiger partial charge is 0.203 e. The highest BCUT2D eigenvalue weighted by Crippen LogP contribution is 2.32. The fourth-order valence-corrected chi connectivity index (χ4v) is 1.77. The number of phenolic OH excluding ortho intramolecular Hbond substituents is 1. The van der Waals surface area contributed by atoms with Gasteiger partial charge in [-0.05, 0) is 18.2 Å². The quantitative estimate of drug-likeness (QED) is 0.861. The molecule has 0 saturated heterocycles. The number of phenols is 1. The van der Waals surface area contributed by atoms with E-state index in [1.165, 1.54) is 18.4 Å². The molecular formula is C9H10ClN3O2S. The maximum atomic E-state index is 9.40. The van der Waals surface area contributed by atoms with Gasteiger partial charge in [-0.2, -0.15) is 0 Å². The molecule has 2 rings (SSSR count). The van der Waals surface area contributed by atoms with Crippen molar-refractivity contribution in [3.05, 3.63) is 18.2 Å². The van der Waals surface area contributed by atoms with Crippen LogP contribution in [0, 0.1) is 0 Å². The minimum atomic E-state index is 0. The normalized spacial score (nSPS) is 9.56. The zero-order chi connectivity index (χ0) is 10.8. The third-order valence-corrected chi connectivity index (χ3v) is 2.67. The third-order valence-electron chi connectivity index (χ3n) is 1.87. The number of methoxy groups -OCH3 is 1. The zero-order valence-electron chi connectivity index (χ0n) is 8.38. The Labute approximate surface area is 102 Å². The minimum absolute atomic E-state index is 0. The number of rotatable bonds is 2. The van der Waals surface area contributed by atoms with Gasteiger partial charge in [-0.25, -0.2) is 0 Å². The molecule has 0 fully saturated rings. The second kappa shape index (κ2) is 5.00. The standard InChI is InChI=1S/C9H9N3O2S.ClH/c1-14-7-4-5(2-3-6(7)13)8-11-12-9(10)15-8;/h2-4,13H,1H3,(H2,10,12);1H. The predicted molar refractivity (Wildman–Crippen MR) is 65.2 cm³/mol. The molecule has 0 saturated carbocycles. The van der Waals surface area contributed by atoms with Crippen LogP contribution in [0.1, 0.15) is 0 Å². The molecule has 16 heavy (non-hydrogen) atoms. The molecule has 1 aromatic carbocycles. The molecule has 0 atom stereocenters. The summed E-state index contributed by atoms with van der Waals surface area (Å²) in [5.74, 6) is 0.500. The van der Waals surface area contributed by atoms with E-state index in [1.54, 1.807) is 18.2 Å². The largest absolute Gasteiger partial charge is 0.504 e. The van der Waals surface area contributed by atoms with Crippen LogP contribution in [-0.4, -0.2) is 22.4 Å². The number of anilines is 1. The molecule has 86 valence electrons. The lowest BCUT2D eigenvalue weighted by Crippen LogP contribution is -1.85. The Balaban J connectivity index is 0.00000128. The fourth-order valence-electron chi connectivity index (χ4n) is 1.16. The number of halogens is 1. The molecule has 2 aromatic rings. The highest BCUT2D eigenvalue weighted by atomic mass is 35.5. The number of aromatic hydroxyl groups is 1. The number of nitrogens with two attached hydrogens (primary N) is 1. The van der Waals surface area contributed by atoms with Crippen LogP contribution in [0.25, 0.3) is 10.6 Å². The lowest BCUT2D eigenvalue weighted by molar-refractivity contribution is 0.373. The van der Waals surface area contributed by atoms with Gasteiger partial charge in [0.05, 0.1) is 7.11 Å². The molecule has 0 bridgehead atoms. The molecule has 0 aliphatic carbocycles. The molecule has 0 amide bonds. The first-order valence-corrected chi connectivity index (χ1v) is 4.98. The average Bonchev–Trinajstić information content (AvgIpc) is 2.66. The molecule has 3 N–H and O–H groups in total. The second-order valence-corrected chi connectivity index (χ2v) is 3.84. The first-order valence-electron chi connectivity index (χ1n) is 4.17. The Morgan fingerprint density at radius 3 is 2.69 bits per heavy atom. The van der Waals surface area contributed by atoms with E-state index < -0.39 is 0 Å². The third kappa shape index (κ3) is 2.34. The van der Waals surface area contributed by atoms with E-state index in [9.17, 15) is 5.11 Å². The summed E-state index contributed by atoms with van der Waals surface area (Å²) in [5.41, 5.74) is 6.30. The molecule has 0 radical (unpaired) electrons. The molecule has 1 aromatic heterocycles. The summed E-state index contributed by atoms with van der Waals surface area (Å²) in [5, 5.41) is 18.1. The Morgan fingerprint density at radius 2 is 2.12 bits per heavy atom. The van der Waals surface area contributed by atoms with Gasteiger partial charge in [0.15, 0.2) is 11.5 Å². The number of hydrogen-bond acceptors (Lipinski definition) is 6. The van der Waals surface area contributed by atoms with Gasteiger partial charge in [-0.15, -0.1) is 22.6 Å². The molecule has 0 spiro atoms. The van der Waals surface area contributed by atoms with Crippen molar-refractivity contribution in [2.24, 2.45) is 0 Å². The lowest BCUT2D eigenvalue weighted by Gasteiger charge is -2.03. The molecule has 0 unspecified atom stereocenters. The Hall–Kier alpha value is -1.53. The highest BCUT2D eigenvalue weighted by Gasteiger charge is 2.08. The van der Waals surface area contributed by atoms with Crippen molar-refractivity contribution in [2.75, 3.05) is 12.8 Å². The molecular weight excluding hydrogens is 250 g/mol. The van der Waals surface area contributed by atoms with E-state index in [0.29, 0.717) is 15.9 Å². The minimum Gasteiger partial charge on any atom is -0.504 e. The number of nitrogens with zero attached hydrogens (tertiary/aromatic N) is 2. The summed E-state index contributed by atoms with van der Waals surface area (Å²) in [4.78, 5) is 0. The van der Waals surface area contributed by atoms with Crippen LogP contribution in [0.3, 0.4) is 0 Å². The summed E-state index contributed by atoms with van der Waals surface area (Å²) >= 11 is 1.28. The van der Waals surface area contributed by atoms with Crippen molar-refractivity contribution >= 4 is 28.9 Å². The van der Waals surface area contributed by atoms with Crippen molar-refractivity contribution in [3.63, 3.8) is 0 Å². The molecule has 1 heterocycles. The van der Waals surface area contributed by atoms with Gasteiger partial charge in [-0.1, -0.05) is 11.3 Å². The number of benzene rings is 1. The summed E-state index contributed by atoms with van der Waals surface area (Å²) in [6.07, 6.45) is 0. The van der Waals surface area contributed by atoms with Crippen LogP contribution >= 0.6 is 23.7 Å². The van der Waals surface area contributed by atoms with E-state index in [4.69, 9.17) is 10.5 Å². The summed E-state index contributed by atoms with van der Waals surface area (Å²) in [7, 11) is 1.49. The van der Waals surface area contributed by atoms with Gasteiger partial charge in [0.2, 0.25) is 5.13 Å². The van der Waals surface area contributed by atoms with E-state index in [2.05, 4.69) is 10.2 Å². The first-order chi connectivity index (χ1) is 7.20. The Bertz CT molecular complexity index is 489. The van der Waals surface area contributed by atoms with Crippen molar-refractivity contribution < 1.29 is 9.84 Å². The molecule has 5 nitrogen and oxygen atoms in total. The van der Waals surface area contributed by atoms with E-state index >= 15 is 0 Å². The van der Waals surface area contributed by atoms with E-state index in [-0.39, 0.29) is 18.2 Å². The topological polar surface area (TPSA) is 81.3 Å².